The largest absolute Gasteiger partial charge is 0.356 e. The Hall–Kier alpha value is -1.30. The van der Waals surface area contributed by atoms with Gasteiger partial charge in [0.15, 0.2) is 0 Å². The molecule has 0 N–H and O–H groups in total. The van der Waals surface area contributed by atoms with Crippen molar-refractivity contribution in [1.29, 1.82) is 0 Å². The minimum Gasteiger partial charge on any atom is -0.356 e. The highest BCUT2D eigenvalue weighted by molar-refractivity contribution is 7.99. The van der Waals surface area contributed by atoms with Crippen molar-refractivity contribution in [2.45, 2.75) is 31.6 Å². The van der Waals surface area contributed by atoms with Gasteiger partial charge in [-0.1, -0.05) is 0 Å². The molecular formula is C17H24N4OS. The molecule has 0 radical (unpaired) electrons. The Morgan fingerprint density at radius 2 is 1.78 bits per heavy atom. The van der Waals surface area contributed by atoms with Crippen LogP contribution in [0.25, 0.3) is 0 Å². The number of thioether (sulfide) groups is 1. The quantitative estimate of drug-likeness (QED) is 0.849. The zero-order valence-corrected chi connectivity index (χ0v) is 14.3. The molecule has 0 atom stereocenters. The van der Waals surface area contributed by atoms with Gasteiger partial charge in [0.2, 0.25) is 5.91 Å². The van der Waals surface area contributed by atoms with Gasteiger partial charge in [-0.3, -0.25) is 4.79 Å². The van der Waals surface area contributed by atoms with Crippen molar-refractivity contribution in [1.82, 2.24) is 14.9 Å². The van der Waals surface area contributed by atoms with E-state index >= 15 is 0 Å². The second-order valence-electron chi connectivity index (χ2n) is 6.77. The van der Waals surface area contributed by atoms with E-state index in [2.05, 4.69) is 25.8 Å². The summed E-state index contributed by atoms with van der Waals surface area (Å²) in [4.78, 5) is 25.9. The molecule has 0 bridgehead atoms. The fraction of sp³-hybridized carbons (Fsp3) is 0.706. The molecule has 1 aromatic rings. The smallest absolute Gasteiger partial charge is 0.225 e. The van der Waals surface area contributed by atoms with E-state index in [0.717, 1.165) is 56.3 Å². The summed E-state index contributed by atoms with van der Waals surface area (Å²) in [6.07, 6.45) is 6.13. The Labute approximate surface area is 141 Å². The van der Waals surface area contributed by atoms with E-state index in [-0.39, 0.29) is 5.92 Å². The fourth-order valence-corrected chi connectivity index (χ4v) is 4.44. The number of aromatic nitrogens is 2. The molecule has 3 heterocycles. The Morgan fingerprint density at radius 1 is 1.04 bits per heavy atom. The molecule has 0 aromatic carbocycles. The van der Waals surface area contributed by atoms with Crippen LogP contribution in [0.1, 0.15) is 37.3 Å². The Kier molecular flexibility index (Phi) is 4.42. The Morgan fingerprint density at radius 3 is 2.48 bits per heavy atom. The normalized spacial score (nSPS) is 23.1. The number of anilines is 1. The number of hydrogen-bond donors (Lipinski definition) is 0. The van der Waals surface area contributed by atoms with Gasteiger partial charge < -0.3 is 9.80 Å². The Balaban J connectivity index is 1.35. The van der Waals surface area contributed by atoms with Gasteiger partial charge in [0.25, 0.3) is 0 Å². The van der Waals surface area contributed by atoms with Crippen molar-refractivity contribution < 1.29 is 4.79 Å². The van der Waals surface area contributed by atoms with Gasteiger partial charge in [-0.2, -0.15) is 11.8 Å². The molecule has 0 unspecified atom stereocenters. The average Bonchev–Trinajstić information content (AvgIpc) is 3.47. The van der Waals surface area contributed by atoms with Gasteiger partial charge in [-0.15, -0.1) is 0 Å². The number of amides is 1. The third-order valence-electron chi connectivity index (χ3n) is 5.16. The molecule has 0 spiro atoms. The van der Waals surface area contributed by atoms with Gasteiger partial charge in [-0.05, 0) is 25.7 Å². The van der Waals surface area contributed by atoms with E-state index in [0.29, 0.717) is 11.8 Å². The van der Waals surface area contributed by atoms with Gasteiger partial charge in [0.1, 0.15) is 12.1 Å². The number of nitrogens with zero attached hydrogens (tertiary/aromatic N) is 4. The van der Waals surface area contributed by atoms with E-state index in [1.807, 2.05) is 11.8 Å². The van der Waals surface area contributed by atoms with E-state index in [1.165, 1.54) is 18.5 Å². The van der Waals surface area contributed by atoms with Crippen LogP contribution in [-0.2, 0) is 4.79 Å². The lowest BCUT2D eigenvalue weighted by atomic mass is 9.95. The van der Waals surface area contributed by atoms with Crippen LogP contribution >= 0.6 is 11.8 Å². The number of carbonyl (C=O) groups excluding carboxylic acids is 1. The third-order valence-corrected chi connectivity index (χ3v) is 6.10. The van der Waals surface area contributed by atoms with Crippen LogP contribution in [0.4, 0.5) is 5.82 Å². The van der Waals surface area contributed by atoms with Crippen molar-refractivity contribution in [2.75, 3.05) is 42.6 Å². The monoisotopic (exact) mass is 332 g/mol. The van der Waals surface area contributed by atoms with Crippen molar-refractivity contribution in [3.63, 3.8) is 0 Å². The van der Waals surface area contributed by atoms with Crippen LogP contribution in [0.15, 0.2) is 12.4 Å². The molecular weight excluding hydrogens is 308 g/mol. The van der Waals surface area contributed by atoms with Gasteiger partial charge in [0.05, 0.1) is 0 Å². The minimum atomic E-state index is 0.207. The van der Waals surface area contributed by atoms with Crippen LogP contribution < -0.4 is 4.90 Å². The molecule has 2 aliphatic heterocycles. The summed E-state index contributed by atoms with van der Waals surface area (Å²) in [5.41, 5.74) is 1.19. The number of rotatable bonds is 3. The summed E-state index contributed by atoms with van der Waals surface area (Å²) in [7, 11) is 0. The lowest BCUT2D eigenvalue weighted by molar-refractivity contribution is -0.135. The maximum Gasteiger partial charge on any atom is 0.225 e. The molecule has 5 nitrogen and oxygen atoms in total. The fourth-order valence-electron chi connectivity index (χ4n) is 3.53. The molecule has 1 aromatic heterocycles. The highest BCUT2D eigenvalue weighted by Gasteiger charge is 2.30. The van der Waals surface area contributed by atoms with Gasteiger partial charge in [-0.25, -0.2) is 9.97 Å². The molecule has 3 fully saturated rings. The average molecular weight is 332 g/mol. The van der Waals surface area contributed by atoms with Crippen molar-refractivity contribution in [3.05, 3.63) is 18.1 Å². The molecule has 2 saturated heterocycles. The third kappa shape index (κ3) is 3.47. The highest BCUT2D eigenvalue weighted by atomic mass is 32.2. The first-order chi connectivity index (χ1) is 11.3. The summed E-state index contributed by atoms with van der Waals surface area (Å²) in [5.74, 6) is 4.48. The van der Waals surface area contributed by atoms with E-state index in [1.54, 1.807) is 6.33 Å². The van der Waals surface area contributed by atoms with Crippen LogP contribution in [0.3, 0.4) is 0 Å². The maximum atomic E-state index is 12.6. The lowest BCUT2D eigenvalue weighted by Gasteiger charge is -2.36. The second-order valence-corrected chi connectivity index (χ2v) is 8.00. The van der Waals surface area contributed by atoms with Crippen molar-refractivity contribution >= 4 is 23.5 Å². The SMILES string of the molecule is O=C(C1CCN(c2cc(C3CC3)ncn2)CC1)N1CCSCC1. The summed E-state index contributed by atoms with van der Waals surface area (Å²) in [5, 5.41) is 0. The first-order valence-electron chi connectivity index (χ1n) is 8.74. The van der Waals surface area contributed by atoms with Crippen LogP contribution in [0, 0.1) is 5.92 Å². The molecule has 4 rings (SSSR count). The van der Waals surface area contributed by atoms with Crippen LogP contribution in [0.2, 0.25) is 0 Å². The molecule has 23 heavy (non-hydrogen) atoms. The van der Waals surface area contributed by atoms with E-state index in [4.69, 9.17) is 0 Å². The summed E-state index contributed by atoms with van der Waals surface area (Å²) < 4.78 is 0. The molecule has 1 amide bonds. The maximum absolute atomic E-state index is 12.6. The standard InChI is InChI=1S/C17H24N4OS/c22-17(21-7-9-23-10-8-21)14-3-5-20(6-4-14)16-11-15(13-1-2-13)18-12-19-16/h11-14H,1-10H2. The summed E-state index contributed by atoms with van der Waals surface area (Å²) in [6, 6.07) is 2.15. The van der Waals surface area contributed by atoms with Gasteiger partial charge >= 0.3 is 0 Å². The first-order valence-corrected chi connectivity index (χ1v) is 9.90. The lowest BCUT2D eigenvalue weighted by Crippen LogP contribution is -2.45. The van der Waals surface area contributed by atoms with E-state index < -0.39 is 0 Å². The first kappa shape index (κ1) is 15.2. The van der Waals surface area contributed by atoms with Crippen LogP contribution in [0.5, 0.6) is 0 Å². The molecule has 6 heteroatoms. The topological polar surface area (TPSA) is 49.3 Å². The Bertz CT molecular complexity index is 563. The summed E-state index contributed by atoms with van der Waals surface area (Å²) in [6.45, 7) is 3.72. The number of carbonyl (C=O) groups is 1. The molecule has 3 aliphatic rings. The van der Waals surface area contributed by atoms with Crippen molar-refractivity contribution in [3.8, 4) is 0 Å². The zero-order chi connectivity index (χ0) is 15.6. The second kappa shape index (κ2) is 6.67. The predicted octanol–water partition coefficient (Wildman–Crippen LogP) is 2.15. The predicted molar refractivity (Wildman–Crippen MR) is 92.8 cm³/mol. The minimum absolute atomic E-state index is 0.207. The van der Waals surface area contributed by atoms with E-state index in [9.17, 15) is 4.79 Å². The van der Waals surface area contributed by atoms with Crippen LogP contribution in [-0.4, -0.2) is 58.5 Å². The zero-order valence-electron chi connectivity index (χ0n) is 13.5. The molecule has 1 aliphatic carbocycles. The number of piperidine rings is 1. The molecule has 124 valence electrons. The van der Waals surface area contributed by atoms with Crippen molar-refractivity contribution in [2.24, 2.45) is 5.92 Å². The molecule has 1 saturated carbocycles. The van der Waals surface area contributed by atoms with Gasteiger partial charge in [0, 0.05) is 61.3 Å². The summed E-state index contributed by atoms with van der Waals surface area (Å²) >= 11 is 1.95. The highest BCUT2D eigenvalue weighted by Crippen LogP contribution is 2.39. The number of hydrogen-bond acceptors (Lipinski definition) is 5.